The molecule has 1 aromatic heterocycles. The number of carbonyl (C=O) groups is 1. The number of amides is 1. The SMILES string of the molecule is CSC1(C#N)CCN(C(=O)c2cncc(Cl)n2)CC1. The lowest BCUT2D eigenvalue weighted by molar-refractivity contribution is 0.0710. The van der Waals surface area contributed by atoms with Crippen molar-refractivity contribution in [3.63, 3.8) is 0 Å². The van der Waals surface area contributed by atoms with Crippen LogP contribution in [-0.4, -0.2) is 44.9 Å². The number of halogens is 1. The summed E-state index contributed by atoms with van der Waals surface area (Å²) in [4.78, 5) is 21.7. The summed E-state index contributed by atoms with van der Waals surface area (Å²) in [7, 11) is 0. The van der Waals surface area contributed by atoms with Gasteiger partial charge in [-0.05, 0) is 19.1 Å². The largest absolute Gasteiger partial charge is 0.337 e. The van der Waals surface area contributed by atoms with E-state index in [-0.39, 0.29) is 21.5 Å². The number of hydrogen-bond acceptors (Lipinski definition) is 5. The number of hydrogen-bond donors (Lipinski definition) is 0. The number of nitriles is 1. The van der Waals surface area contributed by atoms with E-state index in [0.29, 0.717) is 25.9 Å². The topological polar surface area (TPSA) is 69.9 Å². The van der Waals surface area contributed by atoms with Gasteiger partial charge in [-0.25, -0.2) is 4.98 Å². The first-order valence-corrected chi connectivity index (χ1v) is 7.44. The summed E-state index contributed by atoms with van der Waals surface area (Å²) < 4.78 is -0.364. The third kappa shape index (κ3) is 2.99. The Kier molecular flexibility index (Phi) is 4.27. The second kappa shape index (κ2) is 5.76. The average Bonchev–Trinajstić information content (AvgIpc) is 2.46. The molecule has 0 aliphatic carbocycles. The van der Waals surface area contributed by atoms with E-state index >= 15 is 0 Å². The lowest BCUT2D eigenvalue weighted by atomic mass is 9.97. The Labute approximate surface area is 121 Å². The van der Waals surface area contributed by atoms with E-state index in [1.54, 1.807) is 16.7 Å². The van der Waals surface area contributed by atoms with Gasteiger partial charge in [0.15, 0.2) is 0 Å². The van der Waals surface area contributed by atoms with E-state index in [1.165, 1.54) is 12.4 Å². The van der Waals surface area contributed by atoms with Gasteiger partial charge in [0.2, 0.25) is 0 Å². The summed E-state index contributed by atoms with van der Waals surface area (Å²) in [5.74, 6) is -0.178. The molecule has 2 heterocycles. The van der Waals surface area contributed by atoms with Crippen molar-refractivity contribution in [1.29, 1.82) is 5.26 Å². The maximum atomic E-state index is 12.2. The number of rotatable bonds is 2. The van der Waals surface area contributed by atoms with Gasteiger partial charge in [0.05, 0.1) is 18.5 Å². The first-order chi connectivity index (χ1) is 9.10. The van der Waals surface area contributed by atoms with Crippen molar-refractivity contribution in [3.8, 4) is 6.07 Å². The van der Waals surface area contributed by atoms with Crippen molar-refractivity contribution >= 4 is 29.3 Å². The number of piperidine rings is 1. The lowest BCUT2D eigenvalue weighted by Gasteiger charge is -2.35. The van der Waals surface area contributed by atoms with Crippen LogP contribution in [0.25, 0.3) is 0 Å². The molecule has 0 bridgehead atoms. The van der Waals surface area contributed by atoms with Crippen LogP contribution in [0, 0.1) is 11.3 Å². The van der Waals surface area contributed by atoms with Gasteiger partial charge in [-0.2, -0.15) is 5.26 Å². The van der Waals surface area contributed by atoms with Crippen LogP contribution in [0.1, 0.15) is 23.3 Å². The van der Waals surface area contributed by atoms with E-state index in [2.05, 4.69) is 16.0 Å². The van der Waals surface area contributed by atoms with Crippen LogP contribution in [0.2, 0.25) is 5.15 Å². The Bertz CT molecular complexity index is 523. The van der Waals surface area contributed by atoms with Gasteiger partial charge < -0.3 is 4.90 Å². The van der Waals surface area contributed by atoms with Crippen LogP contribution in [0.3, 0.4) is 0 Å². The maximum Gasteiger partial charge on any atom is 0.274 e. The van der Waals surface area contributed by atoms with Crippen LogP contribution in [-0.2, 0) is 0 Å². The Morgan fingerprint density at radius 1 is 1.53 bits per heavy atom. The standard InChI is InChI=1S/C12H13ClN4OS/c1-19-12(8-14)2-4-17(5-3-12)11(18)9-6-15-7-10(13)16-9/h6-7H,2-5H2,1H3. The number of nitrogens with zero attached hydrogens (tertiary/aromatic N) is 4. The number of thioether (sulfide) groups is 1. The third-order valence-electron chi connectivity index (χ3n) is 3.28. The van der Waals surface area contributed by atoms with E-state index in [1.807, 2.05) is 6.26 Å². The predicted molar refractivity (Wildman–Crippen MR) is 74.0 cm³/mol. The van der Waals surface area contributed by atoms with Crippen LogP contribution >= 0.6 is 23.4 Å². The van der Waals surface area contributed by atoms with E-state index in [4.69, 9.17) is 11.6 Å². The van der Waals surface area contributed by atoms with Gasteiger partial charge in [0, 0.05) is 13.1 Å². The van der Waals surface area contributed by atoms with Crippen molar-refractivity contribution in [2.24, 2.45) is 0 Å². The molecule has 1 aliphatic heterocycles. The van der Waals surface area contributed by atoms with Crippen molar-refractivity contribution < 1.29 is 4.79 Å². The van der Waals surface area contributed by atoms with E-state index in [0.717, 1.165) is 0 Å². The van der Waals surface area contributed by atoms with Gasteiger partial charge >= 0.3 is 0 Å². The molecule has 0 atom stereocenters. The molecule has 1 aromatic rings. The monoisotopic (exact) mass is 296 g/mol. The fourth-order valence-electron chi connectivity index (χ4n) is 2.04. The van der Waals surface area contributed by atoms with Crippen LogP contribution in [0.4, 0.5) is 0 Å². The molecule has 0 unspecified atom stereocenters. The fraction of sp³-hybridized carbons (Fsp3) is 0.500. The smallest absolute Gasteiger partial charge is 0.274 e. The molecule has 5 nitrogen and oxygen atoms in total. The van der Waals surface area contributed by atoms with Crippen molar-refractivity contribution in [3.05, 3.63) is 23.2 Å². The summed E-state index contributed by atoms with van der Waals surface area (Å²) >= 11 is 7.28. The molecular formula is C12H13ClN4OS. The quantitative estimate of drug-likeness (QED) is 0.835. The predicted octanol–water partition coefficient (Wildman–Crippen LogP) is 1.99. The molecule has 1 fully saturated rings. The normalized spacial score (nSPS) is 17.8. The molecule has 2 rings (SSSR count). The molecular weight excluding hydrogens is 284 g/mol. The Morgan fingerprint density at radius 2 is 2.21 bits per heavy atom. The molecule has 19 heavy (non-hydrogen) atoms. The van der Waals surface area contributed by atoms with Gasteiger partial charge in [-0.1, -0.05) is 11.6 Å². The minimum Gasteiger partial charge on any atom is -0.337 e. The van der Waals surface area contributed by atoms with Gasteiger partial charge in [-0.15, -0.1) is 11.8 Å². The molecule has 1 aliphatic rings. The highest BCUT2D eigenvalue weighted by atomic mass is 35.5. The highest BCUT2D eigenvalue weighted by Gasteiger charge is 2.35. The summed E-state index contributed by atoms with van der Waals surface area (Å²) in [6.45, 7) is 1.11. The summed E-state index contributed by atoms with van der Waals surface area (Å²) in [6.07, 6.45) is 6.08. The van der Waals surface area contributed by atoms with Crippen LogP contribution < -0.4 is 0 Å². The zero-order chi connectivity index (χ0) is 13.9. The molecule has 0 aromatic carbocycles. The van der Waals surface area contributed by atoms with Crippen molar-refractivity contribution in [2.45, 2.75) is 17.6 Å². The molecule has 1 amide bonds. The highest BCUT2D eigenvalue weighted by Crippen LogP contribution is 2.34. The average molecular weight is 297 g/mol. The molecule has 0 N–H and O–H groups in total. The zero-order valence-electron chi connectivity index (χ0n) is 10.5. The first-order valence-electron chi connectivity index (χ1n) is 5.83. The number of likely N-dealkylation sites (tertiary alicyclic amines) is 1. The minimum atomic E-state index is -0.364. The minimum absolute atomic E-state index is 0.178. The summed E-state index contributed by atoms with van der Waals surface area (Å²) in [5, 5.41) is 9.41. The maximum absolute atomic E-state index is 12.2. The third-order valence-corrected chi connectivity index (χ3v) is 4.74. The molecule has 0 saturated carbocycles. The van der Waals surface area contributed by atoms with Crippen LogP contribution in [0.15, 0.2) is 12.4 Å². The van der Waals surface area contributed by atoms with E-state index < -0.39 is 0 Å². The van der Waals surface area contributed by atoms with Crippen molar-refractivity contribution in [2.75, 3.05) is 19.3 Å². The van der Waals surface area contributed by atoms with Crippen molar-refractivity contribution in [1.82, 2.24) is 14.9 Å². The molecule has 100 valence electrons. The lowest BCUT2D eigenvalue weighted by Crippen LogP contribution is -2.44. The van der Waals surface area contributed by atoms with Gasteiger partial charge in [-0.3, -0.25) is 9.78 Å². The van der Waals surface area contributed by atoms with Crippen LogP contribution in [0.5, 0.6) is 0 Å². The fourth-order valence-corrected chi connectivity index (χ4v) is 2.87. The Morgan fingerprint density at radius 3 is 2.74 bits per heavy atom. The molecule has 0 radical (unpaired) electrons. The first kappa shape index (κ1) is 14.1. The molecule has 7 heteroatoms. The molecule has 0 spiro atoms. The van der Waals surface area contributed by atoms with Gasteiger partial charge in [0.25, 0.3) is 5.91 Å². The zero-order valence-corrected chi connectivity index (χ0v) is 12.0. The summed E-state index contributed by atoms with van der Waals surface area (Å²) in [6, 6.07) is 2.35. The number of aromatic nitrogens is 2. The summed E-state index contributed by atoms with van der Waals surface area (Å²) in [5.41, 5.74) is 0.251. The Hall–Kier alpha value is -1.32. The second-order valence-corrected chi connectivity index (χ2v) is 5.91. The molecule has 1 saturated heterocycles. The highest BCUT2D eigenvalue weighted by molar-refractivity contribution is 8.00. The number of carbonyl (C=O) groups excluding carboxylic acids is 1. The Balaban J connectivity index is 2.06. The second-order valence-electron chi connectivity index (χ2n) is 4.33. The van der Waals surface area contributed by atoms with E-state index in [9.17, 15) is 10.1 Å². The van der Waals surface area contributed by atoms with Gasteiger partial charge in [0.1, 0.15) is 15.6 Å².